The summed E-state index contributed by atoms with van der Waals surface area (Å²) in [4.78, 5) is 13.2. The third-order valence-corrected chi connectivity index (χ3v) is 4.08. The van der Waals surface area contributed by atoms with Crippen LogP contribution in [0.1, 0.15) is 41.6 Å². The Balaban J connectivity index is 3.13. The van der Waals surface area contributed by atoms with Crippen LogP contribution < -0.4 is 0 Å². The molecule has 0 saturated carbocycles. The highest BCUT2D eigenvalue weighted by Gasteiger charge is 2.23. The lowest BCUT2D eigenvalue weighted by Crippen LogP contribution is -2.25. The molecular weight excluding hydrogens is 238 g/mol. The number of nitrogens with zero attached hydrogens (tertiary/aromatic N) is 1. The highest BCUT2D eigenvalue weighted by atomic mass is 16.4. The van der Waals surface area contributed by atoms with Crippen molar-refractivity contribution in [1.29, 1.82) is 0 Å². The smallest absolute Gasteiger partial charge is 0.306 e. The van der Waals surface area contributed by atoms with E-state index in [0.29, 0.717) is 6.42 Å². The van der Waals surface area contributed by atoms with Crippen LogP contribution in [0.5, 0.6) is 0 Å². The molecule has 0 aliphatic heterocycles. The molecule has 1 aromatic carbocycles. The maximum absolute atomic E-state index is 11.1. The van der Waals surface area contributed by atoms with E-state index < -0.39 is 5.97 Å². The van der Waals surface area contributed by atoms with Crippen molar-refractivity contribution in [2.24, 2.45) is 5.92 Å². The van der Waals surface area contributed by atoms with Crippen LogP contribution in [0, 0.1) is 26.7 Å². The first kappa shape index (κ1) is 15.7. The Morgan fingerprint density at radius 3 is 2.26 bits per heavy atom. The zero-order chi connectivity index (χ0) is 14.7. The molecule has 19 heavy (non-hydrogen) atoms. The van der Waals surface area contributed by atoms with Crippen LogP contribution >= 0.6 is 0 Å². The standard InChI is InChI=1S/C16H25NO2/c1-10-7-8-14(13(4)12(10)3)15(17(5)6)9-11(2)16(18)19/h7-8,11,15H,9H2,1-6H3,(H,18,19). The fourth-order valence-corrected chi connectivity index (χ4v) is 2.39. The lowest BCUT2D eigenvalue weighted by molar-refractivity contribution is -0.141. The summed E-state index contributed by atoms with van der Waals surface area (Å²) in [7, 11) is 4.02. The third-order valence-electron chi connectivity index (χ3n) is 4.08. The number of hydrogen-bond acceptors (Lipinski definition) is 2. The molecule has 1 aromatic rings. The van der Waals surface area contributed by atoms with Crippen LogP contribution in [-0.4, -0.2) is 30.1 Å². The maximum atomic E-state index is 11.1. The van der Waals surface area contributed by atoms with E-state index in [4.69, 9.17) is 5.11 Å². The molecule has 0 saturated heterocycles. The molecule has 0 bridgehead atoms. The van der Waals surface area contributed by atoms with Gasteiger partial charge in [0, 0.05) is 6.04 Å². The Hall–Kier alpha value is -1.35. The molecule has 2 atom stereocenters. The van der Waals surface area contributed by atoms with Gasteiger partial charge in [-0.25, -0.2) is 0 Å². The number of aliphatic carboxylic acids is 1. The largest absolute Gasteiger partial charge is 0.481 e. The second-order valence-electron chi connectivity index (χ2n) is 5.68. The Kier molecular flexibility index (Phi) is 5.12. The second-order valence-corrected chi connectivity index (χ2v) is 5.68. The number of carboxylic acid groups (broad SMARTS) is 1. The van der Waals surface area contributed by atoms with E-state index in [2.05, 4.69) is 37.8 Å². The van der Waals surface area contributed by atoms with Gasteiger partial charge in [0.2, 0.25) is 0 Å². The highest BCUT2D eigenvalue weighted by Crippen LogP contribution is 2.30. The molecule has 1 rings (SSSR count). The van der Waals surface area contributed by atoms with Crippen LogP contribution in [0.25, 0.3) is 0 Å². The molecule has 3 nitrogen and oxygen atoms in total. The lowest BCUT2D eigenvalue weighted by Gasteiger charge is -2.28. The topological polar surface area (TPSA) is 40.5 Å². The first-order valence-corrected chi connectivity index (χ1v) is 6.71. The quantitative estimate of drug-likeness (QED) is 0.886. The number of rotatable bonds is 5. The summed E-state index contributed by atoms with van der Waals surface area (Å²) in [6.45, 7) is 8.13. The summed E-state index contributed by atoms with van der Waals surface area (Å²) in [6.07, 6.45) is 0.631. The van der Waals surface area contributed by atoms with Gasteiger partial charge in [-0.3, -0.25) is 4.79 Å². The predicted molar refractivity (Wildman–Crippen MR) is 78.5 cm³/mol. The van der Waals surface area contributed by atoms with Crippen molar-refractivity contribution in [3.05, 3.63) is 34.4 Å². The second kappa shape index (κ2) is 6.20. The Bertz CT molecular complexity index is 466. The van der Waals surface area contributed by atoms with E-state index in [0.717, 1.165) is 0 Å². The lowest BCUT2D eigenvalue weighted by atomic mass is 9.89. The van der Waals surface area contributed by atoms with E-state index in [1.54, 1.807) is 6.92 Å². The molecule has 106 valence electrons. The number of carbonyl (C=O) groups is 1. The molecule has 0 aliphatic rings. The van der Waals surface area contributed by atoms with Gasteiger partial charge in [0.15, 0.2) is 0 Å². The minimum Gasteiger partial charge on any atom is -0.481 e. The number of carboxylic acids is 1. The third kappa shape index (κ3) is 3.57. The van der Waals surface area contributed by atoms with Gasteiger partial charge in [0.1, 0.15) is 0 Å². The van der Waals surface area contributed by atoms with E-state index in [-0.39, 0.29) is 12.0 Å². The number of benzene rings is 1. The predicted octanol–water partition coefficient (Wildman–Crippen LogP) is 3.33. The van der Waals surface area contributed by atoms with Gasteiger partial charge in [-0.05, 0) is 63.5 Å². The molecule has 2 unspecified atom stereocenters. The Labute approximate surface area is 116 Å². The van der Waals surface area contributed by atoms with Crippen molar-refractivity contribution in [1.82, 2.24) is 4.90 Å². The van der Waals surface area contributed by atoms with Crippen molar-refractivity contribution in [2.45, 2.75) is 40.2 Å². The molecule has 0 heterocycles. The molecule has 0 radical (unpaired) electrons. The summed E-state index contributed by atoms with van der Waals surface area (Å²) in [5, 5.41) is 9.11. The Morgan fingerprint density at radius 1 is 1.21 bits per heavy atom. The van der Waals surface area contributed by atoms with E-state index in [9.17, 15) is 4.79 Å². The molecule has 0 fully saturated rings. The van der Waals surface area contributed by atoms with Crippen LogP contribution in [0.15, 0.2) is 12.1 Å². The van der Waals surface area contributed by atoms with Gasteiger partial charge in [0.05, 0.1) is 5.92 Å². The summed E-state index contributed by atoms with van der Waals surface area (Å²) < 4.78 is 0. The van der Waals surface area contributed by atoms with E-state index >= 15 is 0 Å². The summed E-state index contributed by atoms with van der Waals surface area (Å²) in [6, 6.07) is 4.40. The van der Waals surface area contributed by atoms with Gasteiger partial charge in [0.25, 0.3) is 0 Å². The number of hydrogen-bond donors (Lipinski definition) is 1. The van der Waals surface area contributed by atoms with Crippen LogP contribution in [-0.2, 0) is 4.79 Å². The van der Waals surface area contributed by atoms with Gasteiger partial charge in [-0.15, -0.1) is 0 Å². The normalized spacial score (nSPS) is 14.5. The highest BCUT2D eigenvalue weighted by molar-refractivity contribution is 5.69. The molecular formula is C16H25NO2. The van der Waals surface area contributed by atoms with Crippen LogP contribution in [0.3, 0.4) is 0 Å². The average molecular weight is 263 g/mol. The zero-order valence-electron chi connectivity index (χ0n) is 12.8. The monoisotopic (exact) mass is 263 g/mol. The first-order chi connectivity index (χ1) is 8.75. The van der Waals surface area contributed by atoms with Crippen LogP contribution in [0.2, 0.25) is 0 Å². The summed E-state index contributed by atoms with van der Waals surface area (Å²) in [5.41, 5.74) is 5.09. The summed E-state index contributed by atoms with van der Waals surface area (Å²) >= 11 is 0. The van der Waals surface area contributed by atoms with E-state index in [1.807, 2.05) is 14.1 Å². The van der Waals surface area contributed by atoms with Gasteiger partial charge in [-0.1, -0.05) is 19.1 Å². The van der Waals surface area contributed by atoms with Crippen molar-refractivity contribution in [2.75, 3.05) is 14.1 Å². The minimum atomic E-state index is -0.728. The molecule has 0 aliphatic carbocycles. The maximum Gasteiger partial charge on any atom is 0.306 e. The molecule has 0 aromatic heterocycles. The molecule has 0 amide bonds. The fraction of sp³-hybridized carbons (Fsp3) is 0.562. The van der Waals surface area contributed by atoms with Crippen LogP contribution in [0.4, 0.5) is 0 Å². The zero-order valence-corrected chi connectivity index (χ0v) is 12.8. The van der Waals surface area contributed by atoms with E-state index in [1.165, 1.54) is 22.3 Å². The van der Waals surface area contributed by atoms with Crippen molar-refractivity contribution in [3.63, 3.8) is 0 Å². The van der Waals surface area contributed by atoms with Gasteiger partial charge < -0.3 is 10.0 Å². The molecule has 1 N–H and O–H groups in total. The molecule has 3 heteroatoms. The van der Waals surface area contributed by atoms with Crippen molar-refractivity contribution in [3.8, 4) is 0 Å². The SMILES string of the molecule is Cc1ccc(C(CC(C)C(=O)O)N(C)C)c(C)c1C. The summed E-state index contributed by atoms with van der Waals surface area (Å²) in [5.74, 6) is -1.07. The van der Waals surface area contributed by atoms with Crippen molar-refractivity contribution < 1.29 is 9.90 Å². The van der Waals surface area contributed by atoms with Crippen molar-refractivity contribution >= 4 is 5.97 Å². The molecule has 0 spiro atoms. The van der Waals surface area contributed by atoms with Gasteiger partial charge in [-0.2, -0.15) is 0 Å². The number of aryl methyl sites for hydroxylation is 1. The van der Waals surface area contributed by atoms with Gasteiger partial charge >= 0.3 is 5.97 Å². The fourth-order valence-electron chi connectivity index (χ4n) is 2.39. The Morgan fingerprint density at radius 2 is 1.79 bits per heavy atom. The first-order valence-electron chi connectivity index (χ1n) is 6.71. The average Bonchev–Trinajstić information content (AvgIpc) is 2.33. The minimum absolute atomic E-state index is 0.144.